The highest BCUT2D eigenvalue weighted by Crippen LogP contribution is 2.34. The lowest BCUT2D eigenvalue weighted by Gasteiger charge is -2.28. The van der Waals surface area contributed by atoms with Crippen LogP contribution < -0.4 is 14.9 Å². The zero-order valence-corrected chi connectivity index (χ0v) is 21.0. The van der Waals surface area contributed by atoms with Gasteiger partial charge in [0, 0.05) is 41.1 Å². The van der Waals surface area contributed by atoms with Crippen molar-refractivity contribution < 1.29 is 13.2 Å². The molecule has 0 unspecified atom stereocenters. The summed E-state index contributed by atoms with van der Waals surface area (Å²) in [5, 5.41) is 14.0. The molecule has 2 aromatic heterocycles. The molecule has 0 amide bonds. The number of hydrogen-bond donors (Lipinski definition) is 2. The topological polar surface area (TPSA) is 120 Å². The molecule has 0 radical (unpaired) electrons. The van der Waals surface area contributed by atoms with Crippen LogP contribution in [0, 0.1) is 11.3 Å². The minimum Gasteiger partial charge on any atom is -0.378 e. The lowest BCUT2D eigenvalue weighted by Crippen LogP contribution is -2.36. The minimum absolute atomic E-state index is 0.0627. The number of fused-ring (bicyclic) bond motifs is 1. The standard InChI is InChI=1S/C25H24N6O3S2/c26-9-2-14-36(32,33)30-20-4-1-3-18(15-20)22-17-35-23-16-27-25(29-24(22)23)28-19-5-7-21(8-6-19)31-10-12-34-13-11-31/h1,3-8,15-17,30H,2,10-14H2,(H,27,28,29). The molecule has 1 saturated heterocycles. The second kappa shape index (κ2) is 10.5. The van der Waals surface area contributed by atoms with Gasteiger partial charge in [0.25, 0.3) is 0 Å². The second-order valence-corrected chi connectivity index (χ2v) is 11.0. The summed E-state index contributed by atoms with van der Waals surface area (Å²) in [7, 11) is -3.59. The first-order valence-corrected chi connectivity index (χ1v) is 14.0. The third-order valence-electron chi connectivity index (χ3n) is 5.74. The third kappa shape index (κ3) is 5.57. The van der Waals surface area contributed by atoms with Gasteiger partial charge in [0.05, 0.1) is 47.9 Å². The van der Waals surface area contributed by atoms with E-state index in [0.29, 0.717) is 11.6 Å². The molecule has 0 atom stereocenters. The molecular formula is C25H24N6O3S2. The molecule has 9 nitrogen and oxygen atoms in total. The average molecular weight is 521 g/mol. The molecule has 4 aromatic rings. The van der Waals surface area contributed by atoms with Crippen molar-refractivity contribution in [3.63, 3.8) is 0 Å². The Hall–Kier alpha value is -3.72. The summed E-state index contributed by atoms with van der Waals surface area (Å²) in [6.45, 7) is 3.26. The molecule has 0 saturated carbocycles. The van der Waals surface area contributed by atoms with Crippen molar-refractivity contribution in [1.29, 1.82) is 5.26 Å². The first-order valence-electron chi connectivity index (χ1n) is 11.4. The van der Waals surface area contributed by atoms with Gasteiger partial charge in [-0.3, -0.25) is 4.72 Å². The predicted octanol–water partition coefficient (Wildman–Crippen LogP) is 4.59. The van der Waals surface area contributed by atoms with Crippen molar-refractivity contribution in [1.82, 2.24) is 9.97 Å². The zero-order valence-electron chi connectivity index (χ0n) is 19.3. The average Bonchev–Trinajstić information content (AvgIpc) is 3.32. The van der Waals surface area contributed by atoms with Crippen LogP contribution in [-0.2, 0) is 14.8 Å². The van der Waals surface area contributed by atoms with E-state index in [2.05, 4.69) is 32.1 Å². The van der Waals surface area contributed by atoms with E-state index in [4.69, 9.17) is 15.0 Å². The van der Waals surface area contributed by atoms with E-state index in [1.165, 1.54) is 11.3 Å². The monoisotopic (exact) mass is 520 g/mol. The lowest BCUT2D eigenvalue weighted by atomic mass is 10.1. The number of rotatable bonds is 8. The van der Waals surface area contributed by atoms with Gasteiger partial charge in [-0.05, 0) is 42.0 Å². The van der Waals surface area contributed by atoms with Gasteiger partial charge >= 0.3 is 0 Å². The molecule has 2 N–H and O–H groups in total. The molecule has 5 rings (SSSR count). The van der Waals surface area contributed by atoms with Crippen LogP contribution in [0.3, 0.4) is 0 Å². The smallest absolute Gasteiger partial charge is 0.233 e. The highest BCUT2D eigenvalue weighted by atomic mass is 32.2. The highest BCUT2D eigenvalue weighted by Gasteiger charge is 2.14. The maximum Gasteiger partial charge on any atom is 0.233 e. The summed E-state index contributed by atoms with van der Waals surface area (Å²) >= 11 is 1.53. The van der Waals surface area contributed by atoms with Crippen LogP contribution in [0.1, 0.15) is 6.42 Å². The Morgan fingerprint density at radius 1 is 1.11 bits per heavy atom. The van der Waals surface area contributed by atoms with Crippen LogP contribution in [0.4, 0.5) is 23.0 Å². The molecular weight excluding hydrogens is 496 g/mol. The van der Waals surface area contributed by atoms with E-state index in [1.807, 2.05) is 29.6 Å². The fourth-order valence-electron chi connectivity index (χ4n) is 3.96. The van der Waals surface area contributed by atoms with Crippen molar-refractivity contribution in [2.24, 2.45) is 0 Å². The SMILES string of the molecule is N#CCCS(=O)(=O)Nc1cccc(-c2csc3cnc(Nc4ccc(N5CCOCC5)cc4)nc23)c1. The van der Waals surface area contributed by atoms with Crippen molar-refractivity contribution in [3.8, 4) is 17.2 Å². The Kier molecular flexibility index (Phi) is 6.99. The second-order valence-electron chi connectivity index (χ2n) is 8.24. The molecule has 184 valence electrons. The molecule has 0 aliphatic carbocycles. The Morgan fingerprint density at radius 3 is 2.69 bits per heavy atom. The van der Waals surface area contributed by atoms with Crippen LogP contribution in [-0.4, -0.2) is 50.4 Å². The van der Waals surface area contributed by atoms with Gasteiger partial charge in [0.15, 0.2) is 0 Å². The van der Waals surface area contributed by atoms with E-state index in [-0.39, 0.29) is 12.2 Å². The van der Waals surface area contributed by atoms with E-state index >= 15 is 0 Å². The minimum atomic E-state index is -3.59. The van der Waals surface area contributed by atoms with Crippen LogP contribution in [0.5, 0.6) is 0 Å². The number of morpholine rings is 1. The van der Waals surface area contributed by atoms with E-state index < -0.39 is 10.0 Å². The number of nitriles is 1. The molecule has 1 aliphatic rings. The van der Waals surface area contributed by atoms with Gasteiger partial charge in [-0.25, -0.2) is 18.4 Å². The van der Waals surface area contributed by atoms with Gasteiger partial charge in [0.1, 0.15) is 0 Å². The van der Waals surface area contributed by atoms with E-state index in [9.17, 15) is 8.42 Å². The molecule has 3 heterocycles. The van der Waals surface area contributed by atoms with Gasteiger partial charge in [-0.1, -0.05) is 12.1 Å². The molecule has 36 heavy (non-hydrogen) atoms. The van der Waals surface area contributed by atoms with Gasteiger partial charge < -0.3 is 15.0 Å². The van der Waals surface area contributed by atoms with Gasteiger partial charge in [0.2, 0.25) is 16.0 Å². The number of nitrogens with zero attached hydrogens (tertiary/aromatic N) is 4. The molecule has 1 fully saturated rings. The van der Waals surface area contributed by atoms with Crippen molar-refractivity contribution in [3.05, 3.63) is 60.1 Å². The third-order valence-corrected chi connectivity index (χ3v) is 7.94. The van der Waals surface area contributed by atoms with E-state index in [0.717, 1.165) is 59.0 Å². The molecule has 2 aromatic carbocycles. The number of ether oxygens (including phenoxy) is 1. The maximum atomic E-state index is 12.2. The molecule has 1 aliphatic heterocycles. The maximum absolute atomic E-state index is 12.2. The summed E-state index contributed by atoms with van der Waals surface area (Å²) in [4.78, 5) is 11.5. The fraction of sp³-hybridized carbons (Fsp3) is 0.240. The molecule has 0 bridgehead atoms. The number of sulfonamides is 1. The van der Waals surface area contributed by atoms with Crippen LogP contribution >= 0.6 is 11.3 Å². The van der Waals surface area contributed by atoms with Gasteiger partial charge in [-0.15, -0.1) is 11.3 Å². The van der Waals surface area contributed by atoms with Crippen LogP contribution in [0.2, 0.25) is 0 Å². The number of nitrogens with one attached hydrogen (secondary N) is 2. The normalized spacial score (nSPS) is 13.9. The summed E-state index contributed by atoms with van der Waals surface area (Å²) in [6, 6.07) is 17.2. The fourth-order valence-corrected chi connectivity index (χ4v) is 5.78. The Bertz CT molecular complexity index is 1510. The van der Waals surface area contributed by atoms with E-state index in [1.54, 1.807) is 24.4 Å². The summed E-state index contributed by atoms with van der Waals surface area (Å²) in [5.41, 5.74) is 4.99. The highest BCUT2D eigenvalue weighted by molar-refractivity contribution is 7.92. The summed E-state index contributed by atoms with van der Waals surface area (Å²) < 4.78 is 33.3. The Labute approximate surface area is 213 Å². The number of benzene rings is 2. The quantitative estimate of drug-likeness (QED) is 0.346. The molecule has 0 spiro atoms. The van der Waals surface area contributed by atoms with Crippen LogP contribution in [0.15, 0.2) is 60.1 Å². The molecule has 11 heteroatoms. The van der Waals surface area contributed by atoms with Crippen LogP contribution in [0.25, 0.3) is 21.3 Å². The first-order chi connectivity index (χ1) is 17.5. The van der Waals surface area contributed by atoms with Crippen molar-refractivity contribution >= 4 is 54.6 Å². The number of thiophene rings is 1. The van der Waals surface area contributed by atoms with Gasteiger partial charge in [-0.2, -0.15) is 5.26 Å². The lowest BCUT2D eigenvalue weighted by molar-refractivity contribution is 0.122. The number of aromatic nitrogens is 2. The number of anilines is 4. The predicted molar refractivity (Wildman–Crippen MR) is 143 cm³/mol. The van der Waals surface area contributed by atoms with Crippen molar-refractivity contribution in [2.45, 2.75) is 6.42 Å². The summed E-state index contributed by atoms with van der Waals surface area (Å²) in [6.07, 6.45) is 1.72. The largest absolute Gasteiger partial charge is 0.378 e. The Morgan fingerprint density at radius 2 is 1.92 bits per heavy atom. The Balaban J connectivity index is 1.36. The number of hydrogen-bond acceptors (Lipinski definition) is 9. The first kappa shape index (κ1) is 24.0. The summed E-state index contributed by atoms with van der Waals surface area (Å²) in [5.74, 6) is 0.236. The zero-order chi connectivity index (χ0) is 25.0. The van der Waals surface area contributed by atoms with Crippen molar-refractivity contribution in [2.75, 3.05) is 47.0 Å².